The third-order valence-corrected chi connectivity index (χ3v) is 3.96. The van der Waals surface area contributed by atoms with Gasteiger partial charge < -0.3 is 9.64 Å². The Labute approximate surface area is 111 Å². The highest BCUT2D eigenvalue weighted by Gasteiger charge is 2.24. The van der Waals surface area contributed by atoms with Gasteiger partial charge in [-0.25, -0.2) is 10.8 Å². The number of rotatable bonds is 5. The van der Waals surface area contributed by atoms with Gasteiger partial charge in [0, 0.05) is 20.2 Å². The van der Waals surface area contributed by atoms with Gasteiger partial charge in [-0.1, -0.05) is 13.3 Å². The highest BCUT2D eigenvalue weighted by molar-refractivity contribution is 5.79. The summed E-state index contributed by atoms with van der Waals surface area (Å²) in [5.74, 6) is 7.23. The van der Waals surface area contributed by atoms with Crippen molar-refractivity contribution >= 4 is 5.96 Å². The molecule has 0 spiro atoms. The van der Waals surface area contributed by atoms with Crippen molar-refractivity contribution in [2.45, 2.75) is 45.1 Å². The van der Waals surface area contributed by atoms with Crippen molar-refractivity contribution in [3.8, 4) is 0 Å². The van der Waals surface area contributed by atoms with Crippen LogP contribution in [0, 0.1) is 5.92 Å². The molecule has 18 heavy (non-hydrogen) atoms. The van der Waals surface area contributed by atoms with E-state index in [4.69, 9.17) is 10.6 Å². The molecule has 0 saturated heterocycles. The quantitative estimate of drug-likeness (QED) is 0.256. The van der Waals surface area contributed by atoms with Crippen molar-refractivity contribution in [3.63, 3.8) is 0 Å². The summed E-state index contributed by atoms with van der Waals surface area (Å²) in [6.45, 7) is 3.56. The van der Waals surface area contributed by atoms with Gasteiger partial charge >= 0.3 is 0 Å². The van der Waals surface area contributed by atoms with Gasteiger partial charge in [0.1, 0.15) is 0 Å². The number of guanidine groups is 1. The maximum atomic E-state index is 5.55. The van der Waals surface area contributed by atoms with Gasteiger partial charge in [0.15, 0.2) is 0 Å². The Hall–Kier alpha value is -0.810. The summed E-state index contributed by atoms with van der Waals surface area (Å²) in [6.07, 6.45) is 6.42. The maximum absolute atomic E-state index is 5.55. The smallest absolute Gasteiger partial charge is 0.208 e. The highest BCUT2D eigenvalue weighted by atomic mass is 16.5. The van der Waals surface area contributed by atoms with Crippen LogP contribution in [-0.4, -0.2) is 44.2 Å². The van der Waals surface area contributed by atoms with Gasteiger partial charge in [0.2, 0.25) is 5.96 Å². The molecule has 0 amide bonds. The number of nitrogens with zero attached hydrogens (tertiary/aromatic N) is 2. The number of hydrazine groups is 1. The molecule has 5 heteroatoms. The Morgan fingerprint density at radius 2 is 2.06 bits per heavy atom. The van der Waals surface area contributed by atoms with Gasteiger partial charge in [-0.05, 0) is 31.6 Å². The van der Waals surface area contributed by atoms with Crippen LogP contribution < -0.4 is 11.3 Å². The molecule has 5 nitrogen and oxygen atoms in total. The Kier molecular flexibility index (Phi) is 7.05. The molecular formula is C13H28N4O. The van der Waals surface area contributed by atoms with Gasteiger partial charge in [-0.15, -0.1) is 0 Å². The van der Waals surface area contributed by atoms with Crippen LogP contribution in [0.5, 0.6) is 0 Å². The molecule has 0 aromatic rings. The first kappa shape index (κ1) is 15.2. The molecule has 1 aliphatic rings. The first-order chi connectivity index (χ1) is 8.72. The number of aliphatic imine (C=N–C) groups is 1. The lowest BCUT2D eigenvalue weighted by molar-refractivity contribution is 0.205. The average Bonchev–Trinajstić information content (AvgIpc) is 2.43. The second-order valence-electron chi connectivity index (χ2n) is 5.04. The number of hydrogen-bond donors (Lipinski definition) is 2. The fourth-order valence-corrected chi connectivity index (χ4v) is 2.62. The molecule has 106 valence electrons. The minimum Gasteiger partial charge on any atom is -0.383 e. The van der Waals surface area contributed by atoms with Gasteiger partial charge in [-0.2, -0.15) is 0 Å². The Balaban J connectivity index is 2.46. The molecule has 3 N–H and O–H groups in total. The molecular weight excluding hydrogens is 228 g/mol. The zero-order chi connectivity index (χ0) is 13.4. The summed E-state index contributed by atoms with van der Waals surface area (Å²) in [5, 5.41) is 0. The Morgan fingerprint density at radius 1 is 1.39 bits per heavy atom. The molecule has 0 aromatic heterocycles. The van der Waals surface area contributed by atoms with E-state index in [9.17, 15) is 0 Å². The summed E-state index contributed by atoms with van der Waals surface area (Å²) < 4.78 is 5.00. The highest BCUT2D eigenvalue weighted by Crippen LogP contribution is 2.28. The number of nitrogens with one attached hydrogen (secondary N) is 1. The van der Waals surface area contributed by atoms with Crippen LogP contribution in [0.2, 0.25) is 0 Å². The van der Waals surface area contributed by atoms with Crippen molar-refractivity contribution < 1.29 is 4.74 Å². The summed E-state index contributed by atoms with van der Waals surface area (Å²) >= 11 is 0. The van der Waals surface area contributed by atoms with Crippen molar-refractivity contribution in [1.82, 2.24) is 10.3 Å². The van der Waals surface area contributed by atoms with Crippen LogP contribution in [0.3, 0.4) is 0 Å². The summed E-state index contributed by atoms with van der Waals surface area (Å²) in [4.78, 5) is 6.61. The second-order valence-corrected chi connectivity index (χ2v) is 5.04. The first-order valence-corrected chi connectivity index (χ1v) is 6.95. The van der Waals surface area contributed by atoms with E-state index in [1.54, 1.807) is 7.11 Å². The number of ether oxygens (including phenoxy) is 1. The lowest BCUT2D eigenvalue weighted by Gasteiger charge is -2.35. The lowest BCUT2D eigenvalue weighted by Crippen LogP contribution is -2.48. The van der Waals surface area contributed by atoms with E-state index in [1.807, 2.05) is 0 Å². The third-order valence-electron chi connectivity index (χ3n) is 3.96. The maximum Gasteiger partial charge on any atom is 0.208 e. The van der Waals surface area contributed by atoms with E-state index < -0.39 is 0 Å². The molecule has 0 atom stereocenters. The Morgan fingerprint density at radius 3 is 2.56 bits per heavy atom. The van der Waals surface area contributed by atoms with Gasteiger partial charge in [-0.3, -0.25) is 5.43 Å². The monoisotopic (exact) mass is 256 g/mol. The van der Waals surface area contributed by atoms with E-state index >= 15 is 0 Å². The molecule has 0 bridgehead atoms. The van der Waals surface area contributed by atoms with Crippen molar-refractivity contribution in [2.75, 3.05) is 27.3 Å². The molecule has 1 aliphatic carbocycles. The van der Waals surface area contributed by atoms with Crippen LogP contribution in [0.4, 0.5) is 0 Å². The molecule has 0 aliphatic heterocycles. The molecule has 0 heterocycles. The zero-order valence-electron chi connectivity index (χ0n) is 12.0. The fourth-order valence-electron chi connectivity index (χ4n) is 2.62. The zero-order valence-corrected chi connectivity index (χ0v) is 12.0. The summed E-state index contributed by atoms with van der Waals surface area (Å²) in [7, 11) is 3.75. The minimum absolute atomic E-state index is 0.560. The van der Waals surface area contributed by atoms with Gasteiger partial charge in [0.25, 0.3) is 0 Å². The molecule has 1 fully saturated rings. The summed E-state index contributed by atoms with van der Waals surface area (Å²) in [6, 6.07) is 0.560. The molecule has 0 radical (unpaired) electrons. The fraction of sp³-hybridized carbons (Fsp3) is 0.923. The van der Waals surface area contributed by atoms with Crippen molar-refractivity contribution in [3.05, 3.63) is 0 Å². The van der Waals surface area contributed by atoms with E-state index in [0.717, 1.165) is 11.9 Å². The van der Waals surface area contributed by atoms with Crippen LogP contribution in [0.1, 0.15) is 39.0 Å². The molecule has 0 aromatic carbocycles. The molecule has 1 saturated carbocycles. The van der Waals surface area contributed by atoms with Crippen LogP contribution >= 0.6 is 0 Å². The number of hydrogen-bond acceptors (Lipinski definition) is 3. The van der Waals surface area contributed by atoms with E-state index in [0.29, 0.717) is 19.2 Å². The SMILES string of the molecule is CCC1CCC(N(C)C(=NCCOC)NN)CC1. The van der Waals surface area contributed by atoms with E-state index in [2.05, 4.69) is 29.3 Å². The topological polar surface area (TPSA) is 62.9 Å². The molecule has 0 unspecified atom stereocenters. The minimum atomic E-state index is 0.560. The summed E-state index contributed by atoms with van der Waals surface area (Å²) in [5.41, 5.74) is 2.70. The van der Waals surface area contributed by atoms with Crippen molar-refractivity contribution in [2.24, 2.45) is 16.8 Å². The largest absolute Gasteiger partial charge is 0.383 e. The third kappa shape index (κ3) is 4.46. The molecule has 1 rings (SSSR count). The van der Waals surface area contributed by atoms with E-state index in [-0.39, 0.29) is 0 Å². The normalized spacial score (nSPS) is 25.0. The standard InChI is InChI=1S/C13H28N4O/c1-4-11-5-7-12(8-6-11)17(2)13(16-14)15-9-10-18-3/h11-12H,4-10,14H2,1-3H3,(H,15,16). The second kappa shape index (κ2) is 8.32. The predicted molar refractivity (Wildman–Crippen MR) is 75.3 cm³/mol. The van der Waals surface area contributed by atoms with Gasteiger partial charge in [0.05, 0.1) is 13.2 Å². The van der Waals surface area contributed by atoms with Crippen LogP contribution in [-0.2, 0) is 4.74 Å². The van der Waals surface area contributed by atoms with E-state index in [1.165, 1.54) is 32.1 Å². The van der Waals surface area contributed by atoms with Crippen molar-refractivity contribution in [1.29, 1.82) is 0 Å². The first-order valence-electron chi connectivity index (χ1n) is 6.95. The average molecular weight is 256 g/mol. The number of methoxy groups -OCH3 is 1. The Bertz CT molecular complexity index is 249. The van der Waals surface area contributed by atoms with Crippen LogP contribution in [0.25, 0.3) is 0 Å². The van der Waals surface area contributed by atoms with Crippen LogP contribution in [0.15, 0.2) is 4.99 Å². The lowest BCUT2D eigenvalue weighted by atomic mass is 9.84. The predicted octanol–water partition coefficient (Wildman–Crippen LogP) is 1.35. The number of nitrogens with two attached hydrogens (primary N) is 1.